The Kier molecular flexibility index (Phi) is 4.61. The number of hydrogen-bond acceptors (Lipinski definition) is 6. The number of benzene rings is 2. The van der Waals surface area contributed by atoms with E-state index in [2.05, 4.69) is 0 Å². The van der Waals surface area contributed by atoms with Gasteiger partial charge in [-0.3, -0.25) is 4.79 Å². The zero-order valence-corrected chi connectivity index (χ0v) is 14.2. The van der Waals surface area contributed by atoms with Crippen molar-refractivity contribution in [2.45, 2.75) is 12.5 Å². The minimum atomic E-state index is -0.652. The number of cyclic esters (lactones) is 1. The van der Waals surface area contributed by atoms with Crippen LogP contribution in [0.1, 0.15) is 38.8 Å². The number of methoxy groups -OCH3 is 3. The highest BCUT2D eigenvalue weighted by Crippen LogP contribution is 2.43. The molecule has 1 unspecified atom stereocenters. The van der Waals surface area contributed by atoms with Crippen LogP contribution >= 0.6 is 0 Å². The summed E-state index contributed by atoms with van der Waals surface area (Å²) >= 11 is 0. The van der Waals surface area contributed by atoms with E-state index in [1.165, 1.54) is 21.3 Å². The van der Waals surface area contributed by atoms with Crippen LogP contribution in [0, 0.1) is 0 Å². The summed E-state index contributed by atoms with van der Waals surface area (Å²) in [5.41, 5.74) is 1.44. The Bertz CT molecular complexity index is 827. The van der Waals surface area contributed by atoms with Gasteiger partial charge in [-0.25, -0.2) is 4.79 Å². The van der Waals surface area contributed by atoms with Gasteiger partial charge in [0.1, 0.15) is 17.4 Å². The van der Waals surface area contributed by atoms with Gasteiger partial charge in [0.05, 0.1) is 27.8 Å². The molecule has 0 bridgehead atoms. The normalized spacial score (nSPS) is 15.3. The maximum absolute atomic E-state index is 12.6. The Labute approximate surface area is 145 Å². The molecule has 0 spiro atoms. The first-order valence-electron chi connectivity index (χ1n) is 7.72. The molecule has 2 aromatic rings. The van der Waals surface area contributed by atoms with E-state index in [1.807, 2.05) is 0 Å². The average molecular weight is 342 g/mol. The lowest BCUT2D eigenvalue weighted by Gasteiger charge is -2.12. The smallest absolute Gasteiger partial charge is 0.343 e. The highest BCUT2D eigenvalue weighted by atomic mass is 16.6. The number of carbonyl (C=O) groups excluding carboxylic acids is 2. The van der Waals surface area contributed by atoms with Crippen LogP contribution in [0.5, 0.6) is 17.2 Å². The quantitative estimate of drug-likeness (QED) is 0.593. The Morgan fingerprint density at radius 3 is 2.56 bits per heavy atom. The molecular formula is C19H18O6. The van der Waals surface area contributed by atoms with Crippen LogP contribution in [0.4, 0.5) is 0 Å². The fourth-order valence-electron chi connectivity index (χ4n) is 2.91. The summed E-state index contributed by atoms with van der Waals surface area (Å²) in [5, 5.41) is 0. The zero-order valence-electron chi connectivity index (χ0n) is 14.2. The minimum Gasteiger partial charge on any atom is -0.497 e. The number of carbonyl (C=O) groups is 2. The molecule has 0 amide bonds. The summed E-state index contributed by atoms with van der Waals surface area (Å²) in [6.45, 7) is 0. The van der Waals surface area contributed by atoms with Crippen LogP contribution < -0.4 is 14.2 Å². The van der Waals surface area contributed by atoms with Crippen LogP contribution in [-0.4, -0.2) is 33.1 Å². The van der Waals surface area contributed by atoms with Gasteiger partial charge in [-0.05, 0) is 18.2 Å². The Balaban J connectivity index is 1.89. The summed E-state index contributed by atoms with van der Waals surface area (Å²) in [6, 6.07) is 10.3. The lowest BCUT2D eigenvalue weighted by molar-refractivity contribution is 0.0365. The lowest BCUT2D eigenvalue weighted by Crippen LogP contribution is -2.07. The molecule has 0 fully saturated rings. The highest BCUT2D eigenvalue weighted by Gasteiger charge is 2.36. The van der Waals surface area contributed by atoms with Crippen molar-refractivity contribution < 1.29 is 28.5 Å². The van der Waals surface area contributed by atoms with Gasteiger partial charge >= 0.3 is 5.97 Å². The van der Waals surface area contributed by atoms with Crippen LogP contribution in [0.25, 0.3) is 0 Å². The number of ketones is 1. The molecule has 0 radical (unpaired) electrons. The SMILES string of the molecule is COc1cccc(C(=O)CC2OC(=O)c3c2ccc(OC)c3OC)c1. The van der Waals surface area contributed by atoms with Crippen LogP contribution in [0.15, 0.2) is 36.4 Å². The predicted octanol–water partition coefficient (Wildman–Crippen LogP) is 3.20. The van der Waals surface area contributed by atoms with Gasteiger partial charge in [0.2, 0.25) is 0 Å². The summed E-state index contributed by atoms with van der Waals surface area (Å²) in [4.78, 5) is 24.8. The lowest BCUT2D eigenvalue weighted by atomic mass is 9.97. The molecule has 3 rings (SSSR count). The largest absolute Gasteiger partial charge is 0.497 e. The Hall–Kier alpha value is -3.02. The van der Waals surface area contributed by atoms with E-state index in [9.17, 15) is 9.59 Å². The van der Waals surface area contributed by atoms with Gasteiger partial charge in [-0.2, -0.15) is 0 Å². The molecule has 0 aliphatic carbocycles. The minimum absolute atomic E-state index is 0.0430. The molecule has 0 aromatic heterocycles. The maximum Gasteiger partial charge on any atom is 0.343 e. The van der Waals surface area contributed by atoms with Crippen molar-refractivity contribution in [3.05, 3.63) is 53.1 Å². The first kappa shape index (κ1) is 16.8. The molecule has 1 aliphatic heterocycles. The monoisotopic (exact) mass is 342 g/mol. The molecule has 0 N–H and O–H groups in total. The zero-order chi connectivity index (χ0) is 18.0. The van der Waals surface area contributed by atoms with Crippen molar-refractivity contribution in [3.63, 3.8) is 0 Å². The van der Waals surface area contributed by atoms with Gasteiger partial charge in [-0.15, -0.1) is 0 Å². The molecule has 25 heavy (non-hydrogen) atoms. The fraction of sp³-hybridized carbons (Fsp3) is 0.263. The molecule has 1 atom stereocenters. The third-order valence-electron chi connectivity index (χ3n) is 4.14. The van der Waals surface area contributed by atoms with Gasteiger partial charge in [-0.1, -0.05) is 18.2 Å². The van der Waals surface area contributed by atoms with E-state index in [1.54, 1.807) is 36.4 Å². The number of rotatable bonds is 6. The molecule has 130 valence electrons. The molecule has 2 aromatic carbocycles. The number of ether oxygens (including phenoxy) is 4. The highest BCUT2D eigenvalue weighted by molar-refractivity contribution is 6.01. The van der Waals surface area contributed by atoms with E-state index in [-0.39, 0.29) is 12.2 Å². The first-order chi connectivity index (χ1) is 12.1. The molecule has 6 nitrogen and oxygen atoms in total. The first-order valence-corrected chi connectivity index (χ1v) is 7.72. The summed E-state index contributed by atoms with van der Waals surface area (Å²) in [5.74, 6) is 0.703. The molecule has 0 saturated heterocycles. The Morgan fingerprint density at radius 1 is 1.08 bits per heavy atom. The average Bonchev–Trinajstić information content (AvgIpc) is 2.96. The predicted molar refractivity (Wildman–Crippen MR) is 89.6 cm³/mol. The summed E-state index contributed by atoms with van der Waals surface area (Å²) < 4.78 is 21.0. The second kappa shape index (κ2) is 6.84. The molecule has 1 aliphatic rings. The van der Waals surface area contributed by atoms with Gasteiger partial charge in [0, 0.05) is 11.1 Å². The van der Waals surface area contributed by atoms with Crippen molar-refractivity contribution in [1.29, 1.82) is 0 Å². The third kappa shape index (κ3) is 3.03. The van der Waals surface area contributed by atoms with Crippen molar-refractivity contribution >= 4 is 11.8 Å². The van der Waals surface area contributed by atoms with Crippen molar-refractivity contribution in [2.24, 2.45) is 0 Å². The van der Waals surface area contributed by atoms with Gasteiger partial charge in [0.15, 0.2) is 17.3 Å². The van der Waals surface area contributed by atoms with E-state index in [0.29, 0.717) is 33.9 Å². The van der Waals surface area contributed by atoms with Crippen LogP contribution in [0.3, 0.4) is 0 Å². The summed E-state index contributed by atoms with van der Waals surface area (Å²) in [7, 11) is 4.49. The second-order valence-corrected chi connectivity index (χ2v) is 5.52. The van der Waals surface area contributed by atoms with E-state index in [4.69, 9.17) is 18.9 Å². The number of Topliss-reactive ketones (excluding diaryl/α,β-unsaturated/α-hetero) is 1. The Morgan fingerprint density at radius 2 is 1.88 bits per heavy atom. The number of hydrogen-bond donors (Lipinski definition) is 0. The summed E-state index contributed by atoms with van der Waals surface area (Å²) in [6.07, 6.45) is -0.609. The van der Waals surface area contributed by atoms with Crippen molar-refractivity contribution in [2.75, 3.05) is 21.3 Å². The number of esters is 1. The second-order valence-electron chi connectivity index (χ2n) is 5.52. The third-order valence-corrected chi connectivity index (χ3v) is 4.14. The van der Waals surface area contributed by atoms with Crippen LogP contribution in [0.2, 0.25) is 0 Å². The van der Waals surface area contributed by atoms with Crippen molar-refractivity contribution in [3.8, 4) is 17.2 Å². The van der Waals surface area contributed by atoms with E-state index < -0.39 is 12.1 Å². The molecule has 0 saturated carbocycles. The number of fused-ring (bicyclic) bond motifs is 1. The topological polar surface area (TPSA) is 71.1 Å². The molecule has 1 heterocycles. The fourth-order valence-corrected chi connectivity index (χ4v) is 2.91. The van der Waals surface area contributed by atoms with Crippen LogP contribution in [-0.2, 0) is 4.74 Å². The molecular weight excluding hydrogens is 324 g/mol. The molecule has 6 heteroatoms. The van der Waals surface area contributed by atoms with Gasteiger partial charge in [0.25, 0.3) is 0 Å². The van der Waals surface area contributed by atoms with E-state index >= 15 is 0 Å². The maximum atomic E-state index is 12.6. The van der Waals surface area contributed by atoms with E-state index in [0.717, 1.165) is 0 Å². The van der Waals surface area contributed by atoms with Gasteiger partial charge < -0.3 is 18.9 Å². The van der Waals surface area contributed by atoms with Crippen molar-refractivity contribution in [1.82, 2.24) is 0 Å². The standard InChI is InChI=1S/C19H18O6/c1-22-12-6-4-5-11(9-12)14(20)10-16-13-7-8-15(23-2)18(24-3)17(13)19(21)25-16/h4-9,16H,10H2,1-3H3.